The van der Waals surface area contributed by atoms with E-state index in [0.29, 0.717) is 16.0 Å². The van der Waals surface area contributed by atoms with E-state index in [2.05, 4.69) is 9.88 Å². The first-order valence-corrected chi connectivity index (χ1v) is 7.82. The molecule has 21 heavy (non-hydrogen) atoms. The van der Waals surface area contributed by atoms with E-state index in [1.54, 1.807) is 0 Å². The first kappa shape index (κ1) is 12.8. The first-order valence-electron chi connectivity index (χ1n) is 7.00. The van der Waals surface area contributed by atoms with Crippen LogP contribution in [-0.2, 0) is 0 Å². The summed E-state index contributed by atoms with van der Waals surface area (Å²) in [5.41, 5.74) is 0.528. The summed E-state index contributed by atoms with van der Waals surface area (Å²) in [6.07, 6.45) is 3.52. The van der Waals surface area contributed by atoms with Gasteiger partial charge in [0.05, 0.1) is 5.39 Å². The summed E-state index contributed by atoms with van der Waals surface area (Å²) in [4.78, 5) is 19.1. The smallest absolute Gasteiger partial charge is 0.243 e. The molecule has 1 fully saturated rings. The van der Waals surface area contributed by atoms with Gasteiger partial charge in [-0.2, -0.15) is 4.98 Å². The Kier molecular flexibility index (Phi) is 2.92. The summed E-state index contributed by atoms with van der Waals surface area (Å²) in [7, 11) is 0. The number of hydrogen-bond acceptors (Lipinski definition) is 5. The Balaban J connectivity index is 1.92. The molecule has 108 valence electrons. The molecular formula is C15H13FN2O2S. The summed E-state index contributed by atoms with van der Waals surface area (Å²) in [6, 6.07) is 3.99. The predicted molar refractivity (Wildman–Crippen MR) is 81.7 cm³/mol. The third kappa shape index (κ3) is 2.10. The Morgan fingerprint density at radius 2 is 2.05 bits per heavy atom. The van der Waals surface area contributed by atoms with Gasteiger partial charge in [0.1, 0.15) is 16.1 Å². The van der Waals surface area contributed by atoms with Crippen LogP contribution in [0.4, 0.5) is 9.52 Å². The maximum absolute atomic E-state index is 13.3. The average Bonchev–Trinajstić information content (AvgIpc) is 2.94. The molecule has 1 aromatic carbocycles. The number of nitrogens with zero attached hydrogens (tertiary/aromatic N) is 2. The van der Waals surface area contributed by atoms with Crippen molar-refractivity contribution in [3.63, 3.8) is 0 Å². The number of thiazole rings is 1. The van der Waals surface area contributed by atoms with Crippen molar-refractivity contribution < 1.29 is 8.81 Å². The number of piperidine rings is 1. The number of halogens is 1. The number of anilines is 1. The molecule has 0 amide bonds. The van der Waals surface area contributed by atoms with E-state index in [0.717, 1.165) is 31.1 Å². The molecule has 0 unspecified atom stereocenters. The highest BCUT2D eigenvalue weighted by molar-refractivity contribution is 7.22. The zero-order chi connectivity index (χ0) is 14.4. The van der Waals surface area contributed by atoms with Gasteiger partial charge in [0.2, 0.25) is 11.1 Å². The van der Waals surface area contributed by atoms with Gasteiger partial charge in [0, 0.05) is 13.1 Å². The summed E-state index contributed by atoms with van der Waals surface area (Å²) in [5, 5.41) is 1.10. The molecule has 3 aromatic rings. The molecule has 1 aliphatic heterocycles. The summed E-state index contributed by atoms with van der Waals surface area (Å²) in [6.45, 7) is 1.92. The third-order valence-corrected chi connectivity index (χ3v) is 4.91. The zero-order valence-electron chi connectivity index (χ0n) is 11.3. The minimum atomic E-state index is -0.435. The Hall–Kier alpha value is -1.95. The van der Waals surface area contributed by atoms with Crippen molar-refractivity contribution in [1.29, 1.82) is 0 Å². The maximum atomic E-state index is 13.3. The second-order valence-corrected chi connectivity index (χ2v) is 6.23. The lowest BCUT2D eigenvalue weighted by Crippen LogP contribution is -2.29. The molecule has 6 heteroatoms. The molecule has 1 saturated heterocycles. The van der Waals surface area contributed by atoms with E-state index in [4.69, 9.17) is 4.42 Å². The molecule has 0 saturated carbocycles. The highest BCUT2D eigenvalue weighted by Crippen LogP contribution is 2.30. The fourth-order valence-electron chi connectivity index (χ4n) is 2.72. The molecule has 0 aliphatic carbocycles. The number of benzene rings is 1. The van der Waals surface area contributed by atoms with Gasteiger partial charge in [-0.3, -0.25) is 4.79 Å². The fraction of sp³-hybridized carbons (Fsp3) is 0.333. The van der Waals surface area contributed by atoms with Crippen LogP contribution < -0.4 is 10.3 Å². The second kappa shape index (κ2) is 4.80. The first-order chi connectivity index (χ1) is 10.2. The number of rotatable bonds is 1. The molecular weight excluding hydrogens is 291 g/mol. The van der Waals surface area contributed by atoms with Crippen molar-refractivity contribution in [2.75, 3.05) is 18.0 Å². The lowest BCUT2D eigenvalue weighted by Gasteiger charge is -2.25. The Morgan fingerprint density at radius 1 is 1.24 bits per heavy atom. The van der Waals surface area contributed by atoms with Crippen LogP contribution in [0.25, 0.3) is 21.4 Å². The summed E-state index contributed by atoms with van der Waals surface area (Å²) < 4.78 is 19.4. The van der Waals surface area contributed by atoms with Crippen molar-refractivity contribution in [2.45, 2.75) is 19.3 Å². The number of hydrogen-bond donors (Lipinski definition) is 0. The van der Waals surface area contributed by atoms with Gasteiger partial charge >= 0.3 is 0 Å². The quantitative estimate of drug-likeness (QED) is 0.690. The van der Waals surface area contributed by atoms with Gasteiger partial charge in [0.25, 0.3) is 0 Å². The van der Waals surface area contributed by atoms with Crippen molar-refractivity contribution in [3.05, 3.63) is 34.2 Å². The zero-order valence-corrected chi connectivity index (χ0v) is 12.1. The van der Waals surface area contributed by atoms with Crippen LogP contribution in [0.15, 0.2) is 27.4 Å². The monoisotopic (exact) mass is 304 g/mol. The largest absolute Gasteiger partial charge is 0.437 e. The van der Waals surface area contributed by atoms with Gasteiger partial charge < -0.3 is 9.32 Å². The average molecular weight is 304 g/mol. The van der Waals surface area contributed by atoms with E-state index in [9.17, 15) is 9.18 Å². The lowest BCUT2D eigenvalue weighted by molar-refractivity contribution is 0.575. The minimum Gasteiger partial charge on any atom is -0.437 e. The van der Waals surface area contributed by atoms with Gasteiger partial charge in [-0.15, -0.1) is 0 Å². The van der Waals surface area contributed by atoms with E-state index in [1.165, 1.54) is 36.0 Å². The number of fused-ring (bicyclic) bond motifs is 2. The number of aromatic nitrogens is 1. The topological polar surface area (TPSA) is 46.3 Å². The van der Waals surface area contributed by atoms with Crippen molar-refractivity contribution in [2.24, 2.45) is 0 Å². The Bertz CT molecular complexity index is 880. The highest BCUT2D eigenvalue weighted by atomic mass is 32.1. The maximum Gasteiger partial charge on any atom is 0.243 e. The van der Waals surface area contributed by atoms with Gasteiger partial charge in [-0.05, 0) is 37.5 Å². The van der Waals surface area contributed by atoms with Crippen molar-refractivity contribution in [3.8, 4) is 0 Å². The second-order valence-electron chi connectivity index (χ2n) is 5.25. The standard InChI is InChI=1S/C15H13FN2O2S/c16-9-4-5-11-10(8-9)12(19)13-14(20-11)17-15(21-13)18-6-2-1-3-7-18/h4-5,8H,1-3,6-7H2. The van der Waals surface area contributed by atoms with Crippen LogP contribution >= 0.6 is 11.3 Å². The molecule has 0 radical (unpaired) electrons. The van der Waals surface area contributed by atoms with Gasteiger partial charge in [-0.25, -0.2) is 4.39 Å². The molecule has 4 nitrogen and oxygen atoms in total. The van der Waals surface area contributed by atoms with Crippen LogP contribution in [0.1, 0.15) is 19.3 Å². The molecule has 4 rings (SSSR count). The molecule has 3 heterocycles. The molecule has 0 atom stereocenters. The van der Waals surface area contributed by atoms with Crippen LogP contribution in [0.2, 0.25) is 0 Å². The van der Waals surface area contributed by atoms with Gasteiger partial charge in [-0.1, -0.05) is 11.3 Å². The van der Waals surface area contributed by atoms with Crippen molar-refractivity contribution in [1.82, 2.24) is 4.98 Å². The minimum absolute atomic E-state index is 0.202. The van der Waals surface area contributed by atoms with Gasteiger partial charge in [0.15, 0.2) is 5.13 Å². The SMILES string of the molecule is O=c1c2cc(F)ccc2oc2nc(N3CCCCC3)sc12. The molecule has 2 aromatic heterocycles. The Labute approximate surface area is 123 Å². The fourth-order valence-corrected chi connectivity index (χ4v) is 3.72. The van der Waals surface area contributed by atoms with Crippen LogP contribution in [0.3, 0.4) is 0 Å². The van der Waals surface area contributed by atoms with Crippen LogP contribution in [-0.4, -0.2) is 18.1 Å². The molecule has 0 N–H and O–H groups in total. The molecule has 0 bridgehead atoms. The summed E-state index contributed by atoms with van der Waals surface area (Å²) >= 11 is 1.34. The predicted octanol–water partition coefficient (Wildman–Crippen LogP) is 3.53. The van der Waals surface area contributed by atoms with E-state index in [1.807, 2.05) is 0 Å². The van der Waals surface area contributed by atoms with E-state index < -0.39 is 5.82 Å². The molecule has 1 aliphatic rings. The summed E-state index contributed by atoms with van der Waals surface area (Å²) in [5.74, 6) is -0.435. The van der Waals surface area contributed by atoms with E-state index >= 15 is 0 Å². The van der Waals surface area contributed by atoms with E-state index in [-0.39, 0.29) is 10.8 Å². The Morgan fingerprint density at radius 3 is 2.86 bits per heavy atom. The lowest BCUT2D eigenvalue weighted by atomic mass is 10.1. The van der Waals surface area contributed by atoms with Crippen LogP contribution in [0.5, 0.6) is 0 Å². The molecule has 0 spiro atoms. The highest BCUT2D eigenvalue weighted by Gasteiger charge is 2.19. The van der Waals surface area contributed by atoms with Crippen LogP contribution in [0, 0.1) is 5.82 Å². The normalized spacial score (nSPS) is 16.0. The van der Waals surface area contributed by atoms with Crippen molar-refractivity contribution >= 4 is 37.9 Å². The third-order valence-electron chi connectivity index (χ3n) is 3.81.